The molecule has 0 aromatic heterocycles. The molecule has 4 saturated carbocycles. The maximum absolute atomic E-state index is 12.3. The minimum absolute atomic E-state index is 0.0769. The summed E-state index contributed by atoms with van der Waals surface area (Å²) in [5.41, 5.74) is 0. The summed E-state index contributed by atoms with van der Waals surface area (Å²) in [5, 5.41) is 0. The van der Waals surface area contributed by atoms with E-state index < -0.39 is 0 Å². The van der Waals surface area contributed by atoms with Gasteiger partial charge in [0.1, 0.15) is 0 Å². The van der Waals surface area contributed by atoms with E-state index in [-0.39, 0.29) is 23.7 Å². The first-order valence-corrected chi connectivity index (χ1v) is 7.50. The zero-order chi connectivity index (χ0) is 12.2. The van der Waals surface area contributed by atoms with E-state index in [2.05, 4.69) is 0 Å². The number of fused-ring (bicyclic) bond motifs is 12. The van der Waals surface area contributed by atoms with Crippen LogP contribution in [0.1, 0.15) is 25.7 Å². The van der Waals surface area contributed by atoms with Crippen LogP contribution in [0.2, 0.25) is 0 Å². The molecule has 4 aliphatic carbocycles. The Hall–Kier alpha value is -0.860. The number of carbonyl (C=O) groups is 2. The first-order chi connectivity index (χ1) is 8.68. The van der Waals surface area contributed by atoms with Crippen molar-refractivity contribution in [1.29, 1.82) is 0 Å². The third kappa shape index (κ3) is 0.837. The molecule has 3 heteroatoms. The first-order valence-electron chi connectivity index (χ1n) is 7.50. The van der Waals surface area contributed by atoms with Gasteiger partial charge in [-0.3, -0.25) is 14.5 Å². The zero-order valence-corrected chi connectivity index (χ0v) is 10.7. The summed E-state index contributed by atoms with van der Waals surface area (Å²) in [6.45, 7) is 0. The average molecular weight is 245 g/mol. The lowest BCUT2D eigenvalue weighted by Crippen LogP contribution is -2.39. The zero-order valence-electron chi connectivity index (χ0n) is 10.7. The number of hydrogen-bond acceptors (Lipinski definition) is 2. The molecule has 8 atom stereocenters. The molecule has 96 valence electrons. The Labute approximate surface area is 107 Å². The molecule has 4 bridgehead atoms. The van der Waals surface area contributed by atoms with Crippen LogP contribution in [0.15, 0.2) is 0 Å². The van der Waals surface area contributed by atoms with E-state index in [1.807, 2.05) is 0 Å². The second kappa shape index (κ2) is 2.83. The van der Waals surface area contributed by atoms with Crippen LogP contribution >= 0.6 is 0 Å². The van der Waals surface area contributed by atoms with E-state index in [1.54, 1.807) is 7.05 Å². The molecule has 5 rings (SSSR count). The number of amides is 2. The standard InChI is InChI=1S/C15H19NO2/c1-16-14(17)12-8-5-9(13(12)15(16)18)11-7-3-2-6(4-7)10(8)11/h6-13H,2-5H2,1H3. The van der Waals surface area contributed by atoms with Gasteiger partial charge in [0, 0.05) is 7.05 Å². The molecule has 5 aliphatic rings. The minimum atomic E-state index is 0.0769. The highest BCUT2D eigenvalue weighted by Crippen LogP contribution is 2.71. The van der Waals surface area contributed by atoms with Crippen molar-refractivity contribution in [3.63, 3.8) is 0 Å². The quantitative estimate of drug-likeness (QED) is 0.479. The van der Waals surface area contributed by atoms with Crippen LogP contribution in [-0.2, 0) is 9.59 Å². The molecule has 18 heavy (non-hydrogen) atoms. The number of nitrogens with zero attached hydrogens (tertiary/aromatic N) is 1. The topological polar surface area (TPSA) is 37.4 Å². The van der Waals surface area contributed by atoms with Crippen molar-refractivity contribution >= 4 is 11.8 Å². The van der Waals surface area contributed by atoms with Crippen molar-refractivity contribution in [3.05, 3.63) is 0 Å². The van der Waals surface area contributed by atoms with Gasteiger partial charge >= 0.3 is 0 Å². The fourth-order valence-corrected chi connectivity index (χ4v) is 6.81. The molecule has 5 fully saturated rings. The maximum Gasteiger partial charge on any atom is 0.233 e. The van der Waals surface area contributed by atoms with Crippen LogP contribution in [0.3, 0.4) is 0 Å². The minimum Gasteiger partial charge on any atom is -0.285 e. The van der Waals surface area contributed by atoms with Gasteiger partial charge in [-0.1, -0.05) is 0 Å². The Kier molecular flexibility index (Phi) is 1.57. The van der Waals surface area contributed by atoms with Crippen molar-refractivity contribution in [2.75, 3.05) is 7.05 Å². The second-order valence-corrected chi connectivity index (χ2v) is 7.34. The Morgan fingerprint density at radius 1 is 0.889 bits per heavy atom. The predicted molar refractivity (Wildman–Crippen MR) is 64.2 cm³/mol. The Morgan fingerprint density at radius 2 is 1.39 bits per heavy atom. The highest BCUT2D eigenvalue weighted by Gasteiger charge is 2.71. The van der Waals surface area contributed by atoms with Gasteiger partial charge in [-0.25, -0.2) is 0 Å². The van der Waals surface area contributed by atoms with Gasteiger partial charge in [0.05, 0.1) is 11.8 Å². The Morgan fingerprint density at radius 3 is 1.89 bits per heavy atom. The van der Waals surface area contributed by atoms with Gasteiger partial charge in [-0.2, -0.15) is 0 Å². The third-order valence-electron chi connectivity index (χ3n) is 7.12. The van der Waals surface area contributed by atoms with Crippen LogP contribution in [0.4, 0.5) is 0 Å². The van der Waals surface area contributed by atoms with Gasteiger partial charge in [-0.15, -0.1) is 0 Å². The molecular weight excluding hydrogens is 226 g/mol. The molecular formula is C15H19NO2. The summed E-state index contributed by atoms with van der Waals surface area (Å²) in [6.07, 6.45) is 5.37. The summed E-state index contributed by atoms with van der Waals surface area (Å²) >= 11 is 0. The highest BCUT2D eigenvalue weighted by atomic mass is 16.2. The summed E-state index contributed by atoms with van der Waals surface area (Å²) in [4.78, 5) is 26.0. The Bertz CT molecular complexity index is 433. The smallest absolute Gasteiger partial charge is 0.233 e. The summed E-state index contributed by atoms with van der Waals surface area (Å²) < 4.78 is 0. The lowest BCUT2D eigenvalue weighted by molar-refractivity contribution is -0.139. The van der Waals surface area contributed by atoms with Gasteiger partial charge in [0.25, 0.3) is 0 Å². The number of rotatable bonds is 0. The summed E-state index contributed by atoms with van der Waals surface area (Å²) in [6, 6.07) is 0. The number of carbonyl (C=O) groups excluding carboxylic acids is 2. The molecule has 0 N–H and O–H groups in total. The van der Waals surface area contributed by atoms with E-state index in [0.717, 1.165) is 23.7 Å². The van der Waals surface area contributed by atoms with Crippen molar-refractivity contribution in [1.82, 2.24) is 4.90 Å². The lowest BCUT2D eigenvalue weighted by atomic mass is 9.64. The van der Waals surface area contributed by atoms with Gasteiger partial charge < -0.3 is 0 Å². The molecule has 0 aromatic rings. The summed E-state index contributed by atoms with van der Waals surface area (Å²) in [5.74, 6) is 4.94. The first kappa shape index (κ1) is 9.99. The largest absolute Gasteiger partial charge is 0.285 e. The van der Waals surface area contributed by atoms with Crippen LogP contribution in [0.5, 0.6) is 0 Å². The van der Waals surface area contributed by atoms with Crippen molar-refractivity contribution < 1.29 is 9.59 Å². The van der Waals surface area contributed by atoms with E-state index in [4.69, 9.17) is 0 Å². The SMILES string of the molecule is CN1C(=O)C2C3CC(C2C1=O)C1C2CCC(C2)C31. The molecule has 0 spiro atoms. The van der Waals surface area contributed by atoms with Crippen LogP contribution in [-0.4, -0.2) is 23.8 Å². The van der Waals surface area contributed by atoms with Gasteiger partial charge in [0.15, 0.2) is 0 Å². The third-order valence-corrected chi connectivity index (χ3v) is 7.12. The molecule has 1 heterocycles. The number of imide groups is 1. The van der Waals surface area contributed by atoms with Gasteiger partial charge in [0.2, 0.25) is 11.8 Å². The summed E-state index contributed by atoms with van der Waals surface area (Å²) in [7, 11) is 1.69. The van der Waals surface area contributed by atoms with E-state index >= 15 is 0 Å². The van der Waals surface area contributed by atoms with Crippen LogP contribution < -0.4 is 0 Å². The highest BCUT2D eigenvalue weighted by molar-refractivity contribution is 6.05. The van der Waals surface area contributed by atoms with Crippen LogP contribution in [0, 0.1) is 47.3 Å². The van der Waals surface area contributed by atoms with Crippen molar-refractivity contribution in [2.24, 2.45) is 47.3 Å². The molecule has 1 saturated heterocycles. The van der Waals surface area contributed by atoms with E-state index in [0.29, 0.717) is 11.8 Å². The maximum atomic E-state index is 12.3. The molecule has 0 radical (unpaired) electrons. The van der Waals surface area contributed by atoms with E-state index in [9.17, 15) is 9.59 Å². The normalized spacial score (nSPS) is 59.7. The van der Waals surface area contributed by atoms with Crippen molar-refractivity contribution in [2.45, 2.75) is 25.7 Å². The fourth-order valence-electron chi connectivity index (χ4n) is 6.81. The predicted octanol–water partition coefficient (Wildman–Crippen LogP) is 1.53. The molecule has 2 amide bonds. The van der Waals surface area contributed by atoms with E-state index in [1.165, 1.54) is 30.6 Å². The molecule has 1 aliphatic heterocycles. The van der Waals surface area contributed by atoms with Gasteiger partial charge in [-0.05, 0) is 61.2 Å². The fraction of sp³-hybridized carbons (Fsp3) is 0.867. The monoisotopic (exact) mass is 245 g/mol. The number of likely N-dealkylation sites (tertiary alicyclic amines) is 1. The van der Waals surface area contributed by atoms with Crippen LogP contribution in [0.25, 0.3) is 0 Å². The second-order valence-electron chi connectivity index (χ2n) is 7.34. The molecule has 8 unspecified atom stereocenters. The Balaban J connectivity index is 1.61. The lowest BCUT2D eigenvalue weighted by Gasteiger charge is -2.38. The average Bonchev–Trinajstić information content (AvgIpc) is 3.11. The molecule has 0 aromatic carbocycles. The van der Waals surface area contributed by atoms with Crippen molar-refractivity contribution in [3.8, 4) is 0 Å². The molecule has 3 nitrogen and oxygen atoms in total. The number of hydrogen-bond donors (Lipinski definition) is 0.